The minimum Gasteiger partial charge on any atom is -0.370 e. The largest absolute Gasteiger partial charge is 0.370 e. The summed E-state index contributed by atoms with van der Waals surface area (Å²) in [5, 5.41) is 2.92. The Labute approximate surface area is 157 Å². The van der Waals surface area contributed by atoms with Gasteiger partial charge in [-0.05, 0) is 35.9 Å². The Hall–Kier alpha value is -2.57. The third-order valence-corrected chi connectivity index (χ3v) is 4.68. The molecule has 0 spiro atoms. The molecule has 0 aromatic heterocycles. The second-order valence-electron chi connectivity index (χ2n) is 6.50. The second-order valence-corrected chi connectivity index (χ2v) is 6.50. The molecule has 0 unspecified atom stereocenters. The number of rotatable bonds is 6. The SMILES string of the molecule is O=C(/C=C/c1ccc(F)cc1)NC[C@@H](c1ccc(F)cc1)[NH+]1CCOCC1. The lowest BCUT2D eigenvalue weighted by molar-refractivity contribution is -0.937. The first-order valence-corrected chi connectivity index (χ1v) is 9.01. The molecule has 1 fully saturated rings. The van der Waals surface area contributed by atoms with Crippen molar-refractivity contribution in [1.29, 1.82) is 0 Å². The highest BCUT2D eigenvalue weighted by Gasteiger charge is 2.26. The van der Waals surface area contributed by atoms with E-state index >= 15 is 0 Å². The highest BCUT2D eigenvalue weighted by Crippen LogP contribution is 2.11. The molecular formula is C21H23F2N2O2+. The summed E-state index contributed by atoms with van der Waals surface area (Å²) in [6, 6.07) is 12.4. The Balaban J connectivity index is 1.63. The Morgan fingerprint density at radius 3 is 2.26 bits per heavy atom. The van der Waals surface area contributed by atoms with Crippen LogP contribution in [0.4, 0.5) is 8.78 Å². The number of hydrogen-bond donors (Lipinski definition) is 2. The molecule has 1 amide bonds. The van der Waals surface area contributed by atoms with Gasteiger partial charge in [-0.2, -0.15) is 0 Å². The lowest BCUT2D eigenvalue weighted by atomic mass is 10.0. The van der Waals surface area contributed by atoms with Crippen LogP contribution in [0.1, 0.15) is 17.2 Å². The van der Waals surface area contributed by atoms with Gasteiger partial charge in [-0.3, -0.25) is 4.79 Å². The predicted molar refractivity (Wildman–Crippen MR) is 99.1 cm³/mol. The van der Waals surface area contributed by atoms with Gasteiger partial charge in [-0.25, -0.2) is 8.78 Å². The molecule has 142 valence electrons. The first kappa shape index (κ1) is 19.2. The summed E-state index contributed by atoms with van der Waals surface area (Å²) in [5.74, 6) is -0.813. The van der Waals surface area contributed by atoms with Crippen LogP contribution in [0.3, 0.4) is 0 Å². The topological polar surface area (TPSA) is 42.8 Å². The fourth-order valence-electron chi connectivity index (χ4n) is 3.18. The summed E-state index contributed by atoms with van der Waals surface area (Å²) < 4.78 is 31.6. The fourth-order valence-corrected chi connectivity index (χ4v) is 3.18. The summed E-state index contributed by atoms with van der Waals surface area (Å²) in [7, 11) is 0. The van der Waals surface area contributed by atoms with Crippen molar-refractivity contribution in [3.63, 3.8) is 0 Å². The van der Waals surface area contributed by atoms with E-state index in [2.05, 4.69) is 5.32 Å². The molecule has 3 rings (SSSR count). The van der Waals surface area contributed by atoms with Gasteiger partial charge in [0.1, 0.15) is 30.8 Å². The van der Waals surface area contributed by atoms with Crippen molar-refractivity contribution in [1.82, 2.24) is 5.32 Å². The predicted octanol–water partition coefficient (Wildman–Crippen LogP) is 1.75. The Morgan fingerprint density at radius 1 is 1.04 bits per heavy atom. The summed E-state index contributed by atoms with van der Waals surface area (Å²) in [5.41, 5.74) is 1.73. The number of hydrogen-bond acceptors (Lipinski definition) is 2. The van der Waals surface area contributed by atoms with E-state index in [1.54, 1.807) is 30.3 Å². The average Bonchev–Trinajstić information content (AvgIpc) is 2.70. The van der Waals surface area contributed by atoms with Crippen molar-refractivity contribution in [2.45, 2.75) is 6.04 Å². The standard InChI is InChI=1S/C21H22F2N2O2/c22-18-6-1-16(2-7-18)3-10-21(26)24-15-20(25-11-13-27-14-12-25)17-4-8-19(23)9-5-17/h1-10,20H,11-15H2,(H,24,26)/p+1/b10-3+/t20-/m0/s1. The quantitative estimate of drug-likeness (QED) is 0.758. The molecule has 1 aliphatic rings. The monoisotopic (exact) mass is 373 g/mol. The number of ether oxygens (including phenoxy) is 1. The van der Waals surface area contributed by atoms with Gasteiger partial charge >= 0.3 is 0 Å². The molecule has 27 heavy (non-hydrogen) atoms. The van der Waals surface area contributed by atoms with Gasteiger partial charge in [0.15, 0.2) is 0 Å². The molecule has 0 bridgehead atoms. The lowest BCUT2D eigenvalue weighted by Crippen LogP contribution is -3.15. The molecule has 0 radical (unpaired) electrons. The number of halogens is 2. The Kier molecular flexibility index (Phi) is 6.68. The molecule has 0 aliphatic carbocycles. The molecule has 1 aliphatic heterocycles. The third-order valence-electron chi connectivity index (χ3n) is 4.68. The number of amides is 1. The highest BCUT2D eigenvalue weighted by molar-refractivity contribution is 5.91. The van der Waals surface area contributed by atoms with E-state index in [0.29, 0.717) is 19.8 Å². The van der Waals surface area contributed by atoms with Gasteiger partial charge < -0.3 is 15.0 Å². The maximum atomic E-state index is 13.3. The van der Waals surface area contributed by atoms with Gasteiger partial charge in [0.25, 0.3) is 0 Å². The molecule has 1 saturated heterocycles. The van der Waals surface area contributed by atoms with E-state index in [-0.39, 0.29) is 23.6 Å². The maximum Gasteiger partial charge on any atom is 0.244 e. The van der Waals surface area contributed by atoms with Gasteiger partial charge in [-0.1, -0.05) is 24.3 Å². The van der Waals surface area contributed by atoms with E-state index < -0.39 is 0 Å². The number of morpholine rings is 1. The van der Waals surface area contributed by atoms with Crippen LogP contribution >= 0.6 is 0 Å². The third kappa shape index (κ3) is 5.70. The zero-order valence-corrected chi connectivity index (χ0v) is 15.0. The van der Waals surface area contributed by atoms with Gasteiger partial charge in [0.05, 0.1) is 19.8 Å². The summed E-state index contributed by atoms with van der Waals surface area (Å²) in [4.78, 5) is 13.5. The van der Waals surface area contributed by atoms with Crippen LogP contribution in [0.2, 0.25) is 0 Å². The minimum absolute atomic E-state index is 0.0256. The van der Waals surface area contributed by atoms with Crippen LogP contribution in [0.15, 0.2) is 54.6 Å². The minimum atomic E-state index is -0.313. The molecule has 4 nitrogen and oxygen atoms in total. The van der Waals surface area contributed by atoms with Crippen LogP contribution in [0.5, 0.6) is 0 Å². The van der Waals surface area contributed by atoms with Crippen molar-refractivity contribution in [3.8, 4) is 0 Å². The first-order valence-electron chi connectivity index (χ1n) is 9.01. The molecule has 2 aromatic rings. The van der Waals surface area contributed by atoms with Gasteiger partial charge in [0.2, 0.25) is 5.91 Å². The molecule has 1 atom stereocenters. The van der Waals surface area contributed by atoms with E-state index in [1.807, 2.05) is 0 Å². The number of carbonyl (C=O) groups excluding carboxylic acids is 1. The normalized spacial score (nSPS) is 16.4. The molecule has 6 heteroatoms. The number of benzene rings is 2. The van der Waals surface area contributed by atoms with Crippen molar-refractivity contribution in [3.05, 3.63) is 77.4 Å². The van der Waals surface area contributed by atoms with E-state index in [0.717, 1.165) is 24.2 Å². The highest BCUT2D eigenvalue weighted by atomic mass is 19.1. The zero-order chi connectivity index (χ0) is 19.1. The van der Waals surface area contributed by atoms with Crippen molar-refractivity contribution >= 4 is 12.0 Å². The van der Waals surface area contributed by atoms with E-state index in [4.69, 9.17) is 4.74 Å². The summed E-state index contributed by atoms with van der Waals surface area (Å²) >= 11 is 0. The van der Waals surface area contributed by atoms with Gasteiger partial charge in [0, 0.05) is 11.6 Å². The number of quaternary nitrogens is 1. The smallest absolute Gasteiger partial charge is 0.244 e. The van der Waals surface area contributed by atoms with Crippen LogP contribution in [0.25, 0.3) is 6.08 Å². The summed E-state index contributed by atoms with van der Waals surface area (Å²) in [6.45, 7) is 3.46. The molecule has 0 saturated carbocycles. The fraction of sp³-hybridized carbons (Fsp3) is 0.286. The van der Waals surface area contributed by atoms with Crippen LogP contribution in [-0.4, -0.2) is 38.8 Å². The first-order chi connectivity index (χ1) is 13.1. The van der Waals surface area contributed by atoms with Crippen molar-refractivity contribution in [2.75, 3.05) is 32.8 Å². The number of carbonyl (C=O) groups is 1. The molecule has 1 heterocycles. The van der Waals surface area contributed by atoms with Crippen LogP contribution < -0.4 is 10.2 Å². The van der Waals surface area contributed by atoms with E-state index in [1.165, 1.54) is 35.2 Å². The second kappa shape index (κ2) is 9.39. The van der Waals surface area contributed by atoms with Crippen LogP contribution in [-0.2, 0) is 9.53 Å². The zero-order valence-electron chi connectivity index (χ0n) is 15.0. The van der Waals surface area contributed by atoms with Crippen LogP contribution in [0, 0.1) is 11.6 Å². The van der Waals surface area contributed by atoms with Crippen molar-refractivity contribution in [2.24, 2.45) is 0 Å². The number of nitrogens with one attached hydrogen (secondary N) is 2. The van der Waals surface area contributed by atoms with Crippen molar-refractivity contribution < 1.29 is 23.2 Å². The van der Waals surface area contributed by atoms with Gasteiger partial charge in [-0.15, -0.1) is 0 Å². The van der Waals surface area contributed by atoms with E-state index in [9.17, 15) is 13.6 Å². The molecular weight excluding hydrogens is 350 g/mol. The molecule has 2 N–H and O–H groups in total. The maximum absolute atomic E-state index is 13.3. The summed E-state index contributed by atoms with van der Waals surface area (Å²) in [6.07, 6.45) is 3.08. The Morgan fingerprint density at radius 2 is 1.63 bits per heavy atom. The lowest BCUT2D eigenvalue weighted by Gasteiger charge is -2.31. The average molecular weight is 373 g/mol. The molecule has 2 aromatic carbocycles. The Bertz CT molecular complexity index is 770.